The summed E-state index contributed by atoms with van der Waals surface area (Å²) < 4.78 is 0. The van der Waals surface area contributed by atoms with Gasteiger partial charge in [0, 0.05) is 18.0 Å². The molecular weight excluding hydrogens is 338 g/mol. The molecule has 6 nitrogen and oxygen atoms in total. The van der Waals surface area contributed by atoms with Gasteiger partial charge in [-0.15, -0.1) is 0 Å². The highest BCUT2D eigenvalue weighted by atomic mass is 16.2. The van der Waals surface area contributed by atoms with E-state index in [-0.39, 0.29) is 12.1 Å². The number of urea groups is 1. The lowest BCUT2D eigenvalue weighted by Gasteiger charge is -2.39. The van der Waals surface area contributed by atoms with Crippen molar-refractivity contribution in [2.75, 3.05) is 4.90 Å². The lowest BCUT2D eigenvalue weighted by molar-refractivity contribution is 0.179. The van der Waals surface area contributed by atoms with Crippen LogP contribution in [0.3, 0.4) is 0 Å². The van der Waals surface area contributed by atoms with Gasteiger partial charge in [-0.25, -0.2) is 14.7 Å². The van der Waals surface area contributed by atoms with Crippen LogP contribution in [0.1, 0.15) is 29.8 Å². The van der Waals surface area contributed by atoms with Crippen molar-refractivity contribution in [1.82, 2.24) is 14.9 Å². The fourth-order valence-electron chi connectivity index (χ4n) is 3.26. The van der Waals surface area contributed by atoms with Gasteiger partial charge >= 0.3 is 6.03 Å². The molecule has 2 amide bonds. The van der Waals surface area contributed by atoms with Crippen LogP contribution < -0.4 is 4.90 Å². The molecule has 3 aromatic rings. The molecule has 0 bridgehead atoms. The van der Waals surface area contributed by atoms with Crippen molar-refractivity contribution in [3.8, 4) is 6.07 Å². The maximum Gasteiger partial charge on any atom is 0.331 e. The van der Waals surface area contributed by atoms with Gasteiger partial charge in [0.2, 0.25) is 0 Å². The zero-order valence-electron chi connectivity index (χ0n) is 14.8. The Hall–Kier alpha value is -3.72. The van der Waals surface area contributed by atoms with Crippen LogP contribution in [0.2, 0.25) is 0 Å². The van der Waals surface area contributed by atoms with Crippen molar-refractivity contribution >= 4 is 17.5 Å². The SMILES string of the molecule is CC(c1ccccn1)N1Cc2cccnc2N(c2cccc(C#N)c2)C1=O. The Morgan fingerprint density at radius 2 is 1.93 bits per heavy atom. The summed E-state index contributed by atoms with van der Waals surface area (Å²) in [4.78, 5) is 25.6. The molecule has 1 atom stereocenters. The number of rotatable bonds is 3. The number of benzene rings is 1. The number of aromatic nitrogens is 2. The Kier molecular flexibility index (Phi) is 4.27. The topological polar surface area (TPSA) is 73.1 Å². The Balaban J connectivity index is 1.80. The molecule has 1 unspecified atom stereocenters. The highest BCUT2D eigenvalue weighted by molar-refractivity contribution is 6.01. The number of nitrogens with zero attached hydrogens (tertiary/aromatic N) is 5. The molecule has 1 aliphatic rings. The number of carbonyl (C=O) groups is 1. The van der Waals surface area contributed by atoms with Crippen LogP contribution in [0.15, 0.2) is 67.0 Å². The molecule has 4 rings (SSSR count). The monoisotopic (exact) mass is 355 g/mol. The second kappa shape index (κ2) is 6.89. The summed E-state index contributed by atoms with van der Waals surface area (Å²) in [7, 11) is 0. The first-order valence-corrected chi connectivity index (χ1v) is 8.65. The molecule has 0 spiro atoms. The summed E-state index contributed by atoms with van der Waals surface area (Å²) in [6, 6.07) is 18.2. The molecule has 3 heterocycles. The minimum absolute atomic E-state index is 0.186. The van der Waals surface area contributed by atoms with E-state index in [1.807, 2.05) is 43.3 Å². The van der Waals surface area contributed by atoms with Gasteiger partial charge in [-0.3, -0.25) is 4.98 Å². The van der Waals surface area contributed by atoms with Gasteiger partial charge in [-0.05, 0) is 43.3 Å². The third-order valence-electron chi connectivity index (χ3n) is 4.67. The fraction of sp³-hybridized carbons (Fsp3) is 0.143. The first-order valence-electron chi connectivity index (χ1n) is 8.65. The lowest BCUT2D eigenvalue weighted by Crippen LogP contribution is -2.46. The van der Waals surface area contributed by atoms with Gasteiger partial charge < -0.3 is 4.90 Å². The lowest BCUT2D eigenvalue weighted by atomic mass is 10.1. The Bertz CT molecular complexity index is 1030. The number of hydrogen-bond acceptors (Lipinski definition) is 4. The number of amides is 2. The maximum atomic E-state index is 13.4. The standard InChI is InChI=1S/C21H17N5O/c1-15(19-9-2-3-10-23-19)25-14-17-7-5-11-24-20(17)26(21(25)27)18-8-4-6-16(12-18)13-22/h2-12,15H,14H2,1H3. The predicted molar refractivity (Wildman–Crippen MR) is 101 cm³/mol. The van der Waals surface area contributed by atoms with E-state index in [2.05, 4.69) is 16.0 Å². The molecule has 0 saturated carbocycles. The summed E-state index contributed by atoms with van der Waals surface area (Å²) in [5, 5.41) is 9.22. The second-order valence-corrected chi connectivity index (χ2v) is 6.32. The highest BCUT2D eigenvalue weighted by Crippen LogP contribution is 2.36. The van der Waals surface area contributed by atoms with E-state index in [1.165, 1.54) is 0 Å². The number of hydrogen-bond donors (Lipinski definition) is 0. The van der Waals surface area contributed by atoms with E-state index in [1.54, 1.807) is 40.4 Å². The number of pyridine rings is 2. The van der Waals surface area contributed by atoms with Gasteiger partial charge in [-0.2, -0.15) is 5.26 Å². The average molecular weight is 355 g/mol. The quantitative estimate of drug-likeness (QED) is 0.706. The maximum absolute atomic E-state index is 13.4. The van der Waals surface area contributed by atoms with E-state index >= 15 is 0 Å². The summed E-state index contributed by atoms with van der Waals surface area (Å²) >= 11 is 0. The zero-order valence-corrected chi connectivity index (χ0v) is 14.8. The highest BCUT2D eigenvalue weighted by Gasteiger charge is 2.35. The van der Waals surface area contributed by atoms with Crippen molar-refractivity contribution in [2.45, 2.75) is 19.5 Å². The second-order valence-electron chi connectivity index (χ2n) is 6.32. The summed E-state index contributed by atoms with van der Waals surface area (Å²) in [6.45, 7) is 2.42. The fourth-order valence-corrected chi connectivity index (χ4v) is 3.26. The summed E-state index contributed by atoms with van der Waals surface area (Å²) in [5.74, 6) is 0.599. The number of anilines is 2. The molecule has 1 aromatic carbocycles. The van der Waals surface area contributed by atoms with Crippen LogP contribution in [0.4, 0.5) is 16.3 Å². The van der Waals surface area contributed by atoms with Gasteiger partial charge in [0.1, 0.15) is 5.82 Å². The van der Waals surface area contributed by atoms with Gasteiger partial charge in [-0.1, -0.05) is 18.2 Å². The minimum atomic E-state index is -0.200. The van der Waals surface area contributed by atoms with E-state index in [9.17, 15) is 10.1 Å². The third-order valence-corrected chi connectivity index (χ3v) is 4.67. The summed E-state index contributed by atoms with van der Waals surface area (Å²) in [5.41, 5.74) is 2.88. The molecule has 2 aromatic heterocycles. The van der Waals surface area contributed by atoms with E-state index in [0.29, 0.717) is 23.6 Å². The molecule has 132 valence electrons. The number of carbonyl (C=O) groups excluding carboxylic acids is 1. The Morgan fingerprint density at radius 3 is 2.70 bits per heavy atom. The van der Waals surface area contributed by atoms with Crippen molar-refractivity contribution in [1.29, 1.82) is 5.26 Å². The molecule has 27 heavy (non-hydrogen) atoms. The Labute approximate surface area is 157 Å². The smallest absolute Gasteiger partial charge is 0.311 e. The Morgan fingerprint density at radius 1 is 1.07 bits per heavy atom. The molecule has 1 aliphatic heterocycles. The summed E-state index contributed by atoms with van der Waals surface area (Å²) in [6.07, 6.45) is 3.40. The molecule has 0 fully saturated rings. The van der Waals surface area contributed by atoms with Crippen LogP contribution >= 0.6 is 0 Å². The molecule has 6 heteroatoms. The minimum Gasteiger partial charge on any atom is -0.311 e. The van der Waals surface area contributed by atoms with E-state index in [4.69, 9.17) is 0 Å². The third kappa shape index (κ3) is 3.00. The molecule has 0 N–H and O–H groups in total. The van der Waals surface area contributed by atoms with Crippen LogP contribution in [0.5, 0.6) is 0 Å². The molecular formula is C21H17N5O. The average Bonchev–Trinajstić information content (AvgIpc) is 2.73. The normalized spacial score (nSPS) is 14.4. The van der Waals surface area contributed by atoms with Gasteiger partial charge in [0.25, 0.3) is 0 Å². The van der Waals surface area contributed by atoms with Crippen LogP contribution in [-0.2, 0) is 6.54 Å². The van der Waals surface area contributed by atoms with E-state index in [0.717, 1.165) is 11.3 Å². The largest absolute Gasteiger partial charge is 0.331 e. The van der Waals surface area contributed by atoms with Gasteiger partial charge in [0.05, 0.1) is 35.6 Å². The van der Waals surface area contributed by atoms with Crippen LogP contribution in [0.25, 0.3) is 0 Å². The van der Waals surface area contributed by atoms with Crippen molar-refractivity contribution in [2.24, 2.45) is 0 Å². The first-order chi connectivity index (χ1) is 13.2. The van der Waals surface area contributed by atoms with E-state index < -0.39 is 0 Å². The van der Waals surface area contributed by atoms with Crippen LogP contribution in [-0.4, -0.2) is 20.9 Å². The zero-order chi connectivity index (χ0) is 18.8. The van der Waals surface area contributed by atoms with Crippen molar-refractivity contribution < 1.29 is 4.79 Å². The van der Waals surface area contributed by atoms with Crippen LogP contribution in [0, 0.1) is 11.3 Å². The molecule has 0 radical (unpaired) electrons. The van der Waals surface area contributed by atoms with Crippen molar-refractivity contribution in [3.05, 3.63) is 83.8 Å². The molecule has 0 saturated heterocycles. The predicted octanol–water partition coefficient (Wildman–Crippen LogP) is 4.18. The number of nitriles is 1. The van der Waals surface area contributed by atoms with Gasteiger partial charge in [0.15, 0.2) is 0 Å². The number of fused-ring (bicyclic) bond motifs is 1. The van der Waals surface area contributed by atoms with Crippen molar-refractivity contribution in [3.63, 3.8) is 0 Å². The molecule has 0 aliphatic carbocycles. The first kappa shape index (κ1) is 16.7.